The second-order valence-electron chi connectivity index (χ2n) is 7.27. The number of hydrogen-bond acceptors (Lipinski definition) is 5. The van der Waals surface area contributed by atoms with E-state index in [1.807, 2.05) is 52.4 Å². The Morgan fingerprint density at radius 2 is 1.93 bits per heavy atom. The number of amides is 1. The van der Waals surface area contributed by atoms with E-state index in [4.69, 9.17) is 0 Å². The third-order valence-electron chi connectivity index (χ3n) is 5.10. The molecular formula is C21H24N4OS2. The molecule has 2 aromatic heterocycles. The lowest BCUT2D eigenvalue weighted by Crippen LogP contribution is -2.38. The molecule has 7 heteroatoms. The first-order chi connectivity index (χ1) is 13.7. The highest BCUT2D eigenvalue weighted by Crippen LogP contribution is 2.30. The van der Waals surface area contributed by atoms with Gasteiger partial charge in [0.05, 0.1) is 10.6 Å². The molecule has 0 bridgehead atoms. The quantitative estimate of drug-likeness (QED) is 0.592. The summed E-state index contributed by atoms with van der Waals surface area (Å²) < 4.78 is 2.03. The van der Waals surface area contributed by atoms with Gasteiger partial charge in [0.2, 0.25) is 5.91 Å². The third kappa shape index (κ3) is 4.47. The Labute approximate surface area is 173 Å². The van der Waals surface area contributed by atoms with Crippen molar-refractivity contribution in [3.63, 3.8) is 0 Å². The Kier molecular flexibility index (Phi) is 6.12. The van der Waals surface area contributed by atoms with Crippen LogP contribution in [0.3, 0.4) is 0 Å². The zero-order valence-corrected chi connectivity index (χ0v) is 17.5. The first-order valence-electron chi connectivity index (χ1n) is 9.67. The van der Waals surface area contributed by atoms with Crippen molar-refractivity contribution in [3.8, 4) is 16.4 Å². The predicted octanol–water partition coefficient (Wildman–Crippen LogP) is 4.78. The van der Waals surface area contributed by atoms with Crippen LogP contribution in [0.25, 0.3) is 16.4 Å². The van der Waals surface area contributed by atoms with Gasteiger partial charge in [-0.15, -0.1) is 21.5 Å². The average molecular weight is 413 g/mol. The number of thiophene rings is 1. The van der Waals surface area contributed by atoms with Gasteiger partial charge in [-0.2, -0.15) is 0 Å². The fourth-order valence-electron chi connectivity index (χ4n) is 3.54. The molecule has 0 spiro atoms. The molecule has 0 radical (unpaired) electrons. The van der Waals surface area contributed by atoms with Crippen molar-refractivity contribution in [1.29, 1.82) is 0 Å². The van der Waals surface area contributed by atoms with Gasteiger partial charge in [-0.05, 0) is 55.2 Å². The van der Waals surface area contributed by atoms with Crippen LogP contribution in [0.15, 0.2) is 53.0 Å². The molecule has 1 saturated carbocycles. The molecule has 0 unspecified atom stereocenters. The van der Waals surface area contributed by atoms with E-state index in [1.54, 1.807) is 11.3 Å². The smallest absolute Gasteiger partial charge is 0.230 e. The minimum Gasteiger partial charge on any atom is -0.353 e. The summed E-state index contributed by atoms with van der Waals surface area (Å²) in [4.78, 5) is 13.5. The summed E-state index contributed by atoms with van der Waals surface area (Å²) in [5, 5.41) is 14.7. The summed E-state index contributed by atoms with van der Waals surface area (Å²) in [5.41, 5.74) is 1.00. The lowest BCUT2D eigenvalue weighted by atomic mass is 9.87. The molecule has 1 aromatic carbocycles. The van der Waals surface area contributed by atoms with Crippen molar-refractivity contribution in [2.24, 2.45) is 5.92 Å². The minimum absolute atomic E-state index is 0.0739. The van der Waals surface area contributed by atoms with E-state index in [0.29, 0.717) is 11.8 Å². The molecule has 1 aliphatic rings. The molecule has 1 N–H and O–H groups in total. The van der Waals surface area contributed by atoms with Crippen molar-refractivity contribution in [1.82, 2.24) is 20.1 Å². The molecule has 28 heavy (non-hydrogen) atoms. The fourth-order valence-corrected chi connectivity index (χ4v) is 5.00. The van der Waals surface area contributed by atoms with E-state index in [2.05, 4.69) is 22.4 Å². The molecule has 1 aliphatic carbocycles. The molecule has 0 aliphatic heterocycles. The molecule has 5 nitrogen and oxygen atoms in total. The number of benzene rings is 1. The molecule has 2 heterocycles. The number of thioether (sulfide) groups is 1. The van der Waals surface area contributed by atoms with Crippen LogP contribution in [0.5, 0.6) is 0 Å². The number of rotatable bonds is 6. The first-order valence-corrected chi connectivity index (χ1v) is 11.5. The van der Waals surface area contributed by atoms with Crippen molar-refractivity contribution in [3.05, 3.63) is 47.8 Å². The SMILES string of the molecule is CC1CCC(NC(=O)CSc2nnc(-c3cccs3)n2-c2ccccc2)CC1. The van der Waals surface area contributed by atoms with Gasteiger partial charge in [0, 0.05) is 11.7 Å². The molecule has 146 valence electrons. The molecule has 0 saturated heterocycles. The van der Waals surface area contributed by atoms with E-state index in [0.717, 1.165) is 40.3 Å². The fraction of sp³-hybridized carbons (Fsp3) is 0.381. The molecule has 1 amide bonds. The Balaban J connectivity index is 1.48. The summed E-state index contributed by atoms with van der Waals surface area (Å²) >= 11 is 3.07. The van der Waals surface area contributed by atoms with E-state index >= 15 is 0 Å². The zero-order chi connectivity index (χ0) is 19.3. The lowest BCUT2D eigenvalue weighted by molar-refractivity contribution is -0.119. The highest BCUT2D eigenvalue weighted by Gasteiger charge is 2.21. The topological polar surface area (TPSA) is 59.8 Å². The molecule has 0 atom stereocenters. The minimum atomic E-state index is 0.0739. The Bertz CT molecular complexity index is 900. The van der Waals surface area contributed by atoms with Gasteiger partial charge < -0.3 is 5.32 Å². The first kappa shape index (κ1) is 19.2. The summed E-state index contributed by atoms with van der Waals surface area (Å²) in [6.45, 7) is 2.29. The van der Waals surface area contributed by atoms with Crippen molar-refractivity contribution < 1.29 is 4.79 Å². The number of carbonyl (C=O) groups excluding carboxylic acids is 1. The van der Waals surface area contributed by atoms with Gasteiger partial charge in [-0.1, -0.05) is 43.0 Å². The summed E-state index contributed by atoms with van der Waals surface area (Å²) in [5.74, 6) is 2.01. The van der Waals surface area contributed by atoms with Crippen molar-refractivity contribution >= 4 is 29.0 Å². The largest absolute Gasteiger partial charge is 0.353 e. The standard InChI is InChI=1S/C21H24N4OS2/c1-15-9-11-16(12-10-15)22-19(26)14-28-21-24-23-20(18-8-5-13-27-18)25(21)17-6-3-2-4-7-17/h2-8,13,15-16H,9-12,14H2,1H3,(H,22,26). The Hall–Kier alpha value is -2.12. The van der Waals surface area contributed by atoms with Crippen LogP contribution in [-0.4, -0.2) is 32.5 Å². The maximum Gasteiger partial charge on any atom is 0.230 e. The second kappa shape index (κ2) is 8.92. The zero-order valence-electron chi connectivity index (χ0n) is 15.9. The van der Waals surface area contributed by atoms with Gasteiger partial charge in [0.25, 0.3) is 0 Å². The van der Waals surface area contributed by atoms with Crippen LogP contribution in [0.4, 0.5) is 0 Å². The highest BCUT2D eigenvalue weighted by atomic mass is 32.2. The number of hydrogen-bond donors (Lipinski definition) is 1. The van der Waals surface area contributed by atoms with Crippen molar-refractivity contribution in [2.45, 2.75) is 43.8 Å². The van der Waals surface area contributed by atoms with E-state index in [9.17, 15) is 4.79 Å². The third-order valence-corrected chi connectivity index (χ3v) is 6.90. The maximum absolute atomic E-state index is 12.5. The van der Waals surface area contributed by atoms with E-state index < -0.39 is 0 Å². The second-order valence-corrected chi connectivity index (χ2v) is 9.16. The van der Waals surface area contributed by atoms with Crippen LogP contribution in [0, 0.1) is 5.92 Å². The predicted molar refractivity (Wildman–Crippen MR) is 115 cm³/mol. The Morgan fingerprint density at radius 3 is 2.64 bits per heavy atom. The number of nitrogens with zero attached hydrogens (tertiary/aromatic N) is 3. The van der Waals surface area contributed by atoms with E-state index in [1.165, 1.54) is 24.6 Å². The van der Waals surface area contributed by atoms with Crippen molar-refractivity contribution in [2.75, 3.05) is 5.75 Å². The highest BCUT2D eigenvalue weighted by molar-refractivity contribution is 7.99. The summed E-state index contributed by atoms with van der Waals surface area (Å²) in [6.07, 6.45) is 4.57. The molecular weight excluding hydrogens is 388 g/mol. The van der Waals surface area contributed by atoms with E-state index in [-0.39, 0.29) is 5.91 Å². The number of aromatic nitrogens is 3. The number of carbonyl (C=O) groups is 1. The van der Waals surface area contributed by atoms with Crippen LogP contribution >= 0.6 is 23.1 Å². The van der Waals surface area contributed by atoms with Gasteiger partial charge in [0.15, 0.2) is 11.0 Å². The summed E-state index contributed by atoms with van der Waals surface area (Å²) in [7, 11) is 0. The molecule has 3 aromatic rings. The van der Waals surface area contributed by atoms with Gasteiger partial charge in [0.1, 0.15) is 0 Å². The van der Waals surface area contributed by atoms with Crippen LogP contribution < -0.4 is 5.32 Å². The van der Waals surface area contributed by atoms with Gasteiger partial charge >= 0.3 is 0 Å². The van der Waals surface area contributed by atoms with Crippen LogP contribution in [-0.2, 0) is 4.79 Å². The molecule has 4 rings (SSSR count). The summed E-state index contributed by atoms with van der Waals surface area (Å²) in [6, 6.07) is 14.4. The Morgan fingerprint density at radius 1 is 1.14 bits per heavy atom. The molecule has 1 fully saturated rings. The van der Waals surface area contributed by atoms with Gasteiger partial charge in [-0.3, -0.25) is 9.36 Å². The lowest BCUT2D eigenvalue weighted by Gasteiger charge is -2.26. The maximum atomic E-state index is 12.5. The van der Waals surface area contributed by atoms with Gasteiger partial charge in [-0.25, -0.2) is 0 Å². The monoisotopic (exact) mass is 412 g/mol. The van der Waals surface area contributed by atoms with Crippen LogP contribution in [0.2, 0.25) is 0 Å². The number of para-hydroxylation sites is 1. The number of nitrogens with one attached hydrogen (secondary N) is 1. The average Bonchev–Trinajstić information content (AvgIpc) is 3.38. The normalized spacial score (nSPS) is 19.5. The van der Waals surface area contributed by atoms with Crippen LogP contribution in [0.1, 0.15) is 32.6 Å².